The molecule has 0 aliphatic heterocycles. The van der Waals surface area contributed by atoms with E-state index in [1.165, 1.54) is 6.92 Å². The maximum atomic E-state index is 11.6. The molecule has 0 spiro atoms. The molecule has 2 atom stereocenters. The van der Waals surface area contributed by atoms with Crippen LogP contribution in [0.4, 0.5) is 0 Å². The Hall–Kier alpha value is -2.08. The Bertz CT molecular complexity index is 493. The summed E-state index contributed by atoms with van der Waals surface area (Å²) >= 11 is 0. The van der Waals surface area contributed by atoms with Gasteiger partial charge in [0.2, 0.25) is 5.91 Å². The Morgan fingerprint density at radius 1 is 1.24 bits per heavy atom. The van der Waals surface area contributed by atoms with Crippen molar-refractivity contribution in [2.75, 3.05) is 6.61 Å². The van der Waals surface area contributed by atoms with Crippen molar-refractivity contribution in [3.63, 3.8) is 0 Å². The van der Waals surface area contributed by atoms with Gasteiger partial charge in [-0.2, -0.15) is 0 Å². The minimum atomic E-state index is -1.31. The van der Waals surface area contributed by atoms with E-state index in [1.807, 2.05) is 32.0 Å². The second kappa shape index (κ2) is 7.64. The molecule has 3 N–H and O–H groups in total. The third kappa shape index (κ3) is 5.83. The van der Waals surface area contributed by atoms with E-state index in [2.05, 4.69) is 5.32 Å². The zero-order valence-corrected chi connectivity index (χ0v) is 12.4. The van der Waals surface area contributed by atoms with E-state index in [4.69, 9.17) is 9.84 Å². The predicted octanol–water partition coefficient (Wildman–Crippen LogP) is 1.02. The van der Waals surface area contributed by atoms with Gasteiger partial charge < -0.3 is 20.3 Å². The molecule has 2 unspecified atom stereocenters. The van der Waals surface area contributed by atoms with E-state index in [0.29, 0.717) is 5.75 Å². The quantitative estimate of drug-likeness (QED) is 0.698. The van der Waals surface area contributed by atoms with Crippen LogP contribution >= 0.6 is 0 Å². The van der Waals surface area contributed by atoms with Crippen molar-refractivity contribution in [2.45, 2.75) is 39.3 Å². The zero-order valence-electron chi connectivity index (χ0n) is 12.4. The van der Waals surface area contributed by atoms with Gasteiger partial charge in [-0.25, -0.2) is 4.79 Å². The first kappa shape index (κ1) is 17.0. The van der Waals surface area contributed by atoms with Crippen LogP contribution < -0.4 is 10.1 Å². The predicted molar refractivity (Wildman–Crippen MR) is 77.3 cm³/mol. The summed E-state index contributed by atoms with van der Waals surface area (Å²) in [5, 5.41) is 20.4. The monoisotopic (exact) mass is 295 g/mol. The molecular weight excluding hydrogens is 274 g/mol. The SMILES string of the molecule is Cc1cc(C)cc(OCCC(=O)NC(C(=O)O)C(C)O)c1. The lowest BCUT2D eigenvalue weighted by Crippen LogP contribution is -2.47. The number of carbonyl (C=O) groups excluding carboxylic acids is 1. The number of aryl methyl sites for hydroxylation is 2. The topological polar surface area (TPSA) is 95.9 Å². The Balaban J connectivity index is 2.44. The fourth-order valence-electron chi connectivity index (χ4n) is 1.91. The summed E-state index contributed by atoms with van der Waals surface area (Å²) in [6.07, 6.45) is -1.14. The number of aliphatic hydroxyl groups is 1. The summed E-state index contributed by atoms with van der Waals surface area (Å²) in [6.45, 7) is 5.35. The number of aliphatic carboxylic acids is 1. The van der Waals surface area contributed by atoms with Crippen LogP contribution in [0.25, 0.3) is 0 Å². The van der Waals surface area contributed by atoms with Crippen molar-refractivity contribution in [1.29, 1.82) is 0 Å². The number of carboxylic acids is 1. The number of amides is 1. The summed E-state index contributed by atoms with van der Waals surface area (Å²) in [7, 11) is 0. The van der Waals surface area contributed by atoms with Crippen molar-refractivity contribution < 1.29 is 24.5 Å². The Labute approximate surface area is 123 Å². The number of carbonyl (C=O) groups is 2. The summed E-state index contributed by atoms with van der Waals surface area (Å²) in [5.74, 6) is -1.08. The van der Waals surface area contributed by atoms with E-state index in [1.54, 1.807) is 0 Å². The van der Waals surface area contributed by atoms with Crippen LogP contribution in [0.15, 0.2) is 18.2 Å². The minimum absolute atomic E-state index is 0.0174. The summed E-state index contributed by atoms with van der Waals surface area (Å²) < 4.78 is 5.47. The molecule has 0 bridgehead atoms. The highest BCUT2D eigenvalue weighted by Gasteiger charge is 2.24. The Kier molecular flexibility index (Phi) is 6.17. The zero-order chi connectivity index (χ0) is 16.0. The largest absolute Gasteiger partial charge is 0.493 e. The number of nitrogens with one attached hydrogen (secondary N) is 1. The lowest BCUT2D eigenvalue weighted by molar-refractivity contribution is -0.144. The van der Waals surface area contributed by atoms with Gasteiger partial charge in [0.05, 0.1) is 19.1 Å². The van der Waals surface area contributed by atoms with E-state index in [9.17, 15) is 14.7 Å². The molecular formula is C15H21NO5. The van der Waals surface area contributed by atoms with Crippen LogP contribution in [0.1, 0.15) is 24.5 Å². The molecule has 116 valence electrons. The van der Waals surface area contributed by atoms with Crippen molar-refractivity contribution in [3.05, 3.63) is 29.3 Å². The standard InChI is InChI=1S/C15H21NO5/c1-9-6-10(2)8-12(7-9)21-5-4-13(18)16-14(11(3)17)15(19)20/h6-8,11,14,17H,4-5H2,1-3H3,(H,16,18)(H,19,20). The van der Waals surface area contributed by atoms with Crippen LogP contribution in [0.5, 0.6) is 5.75 Å². The van der Waals surface area contributed by atoms with E-state index in [0.717, 1.165) is 11.1 Å². The number of aliphatic hydroxyl groups excluding tert-OH is 1. The lowest BCUT2D eigenvalue weighted by atomic mass is 10.1. The highest BCUT2D eigenvalue weighted by atomic mass is 16.5. The lowest BCUT2D eigenvalue weighted by Gasteiger charge is -2.17. The highest BCUT2D eigenvalue weighted by molar-refractivity contribution is 5.83. The molecule has 6 heteroatoms. The van der Waals surface area contributed by atoms with Crippen molar-refractivity contribution in [3.8, 4) is 5.75 Å². The van der Waals surface area contributed by atoms with Gasteiger partial charge in [0.1, 0.15) is 5.75 Å². The average Bonchev–Trinajstić information content (AvgIpc) is 2.34. The molecule has 21 heavy (non-hydrogen) atoms. The van der Waals surface area contributed by atoms with Gasteiger partial charge >= 0.3 is 5.97 Å². The summed E-state index contributed by atoms with van der Waals surface area (Å²) in [5.41, 5.74) is 2.13. The van der Waals surface area contributed by atoms with Gasteiger partial charge in [-0.1, -0.05) is 6.07 Å². The third-order valence-electron chi connectivity index (χ3n) is 2.86. The molecule has 0 radical (unpaired) electrons. The molecule has 0 aromatic heterocycles. The maximum absolute atomic E-state index is 11.6. The second-order valence-corrected chi connectivity index (χ2v) is 5.05. The molecule has 0 saturated heterocycles. The number of hydrogen-bond acceptors (Lipinski definition) is 4. The van der Waals surface area contributed by atoms with Crippen LogP contribution in [-0.2, 0) is 9.59 Å². The highest BCUT2D eigenvalue weighted by Crippen LogP contribution is 2.16. The fraction of sp³-hybridized carbons (Fsp3) is 0.467. The fourth-order valence-corrected chi connectivity index (χ4v) is 1.91. The molecule has 0 aliphatic carbocycles. The number of carboxylic acid groups (broad SMARTS) is 1. The van der Waals surface area contributed by atoms with Crippen molar-refractivity contribution >= 4 is 11.9 Å². The first-order valence-electron chi connectivity index (χ1n) is 6.71. The number of hydrogen-bond donors (Lipinski definition) is 3. The van der Waals surface area contributed by atoms with Gasteiger partial charge in [0.25, 0.3) is 0 Å². The molecule has 0 fully saturated rings. The molecule has 1 aromatic carbocycles. The number of ether oxygens (including phenoxy) is 1. The summed E-state index contributed by atoms with van der Waals surface area (Å²) in [6, 6.07) is 4.43. The van der Waals surface area contributed by atoms with E-state index >= 15 is 0 Å². The third-order valence-corrected chi connectivity index (χ3v) is 2.86. The van der Waals surface area contributed by atoms with Crippen LogP contribution in [0.2, 0.25) is 0 Å². The van der Waals surface area contributed by atoms with Gasteiger partial charge in [-0.3, -0.25) is 4.79 Å². The van der Waals surface area contributed by atoms with Crippen LogP contribution in [0.3, 0.4) is 0 Å². The van der Waals surface area contributed by atoms with Gasteiger partial charge in [-0.05, 0) is 44.0 Å². The van der Waals surface area contributed by atoms with Gasteiger partial charge in [-0.15, -0.1) is 0 Å². The van der Waals surface area contributed by atoms with Crippen molar-refractivity contribution in [2.24, 2.45) is 0 Å². The van der Waals surface area contributed by atoms with E-state index < -0.39 is 24.0 Å². The number of rotatable bonds is 7. The first-order valence-corrected chi connectivity index (χ1v) is 6.71. The minimum Gasteiger partial charge on any atom is -0.493 e. The van der Waals surface area contributed by atoms with Crippen LogP contribution in [-0.4, -0.2) is 40.8 Å². The van der Waals surface area contributed by atoms with E-state index in [-0.39, 0.29) is 13.0 Å². The molecule has 6 nitrogen and oxygen atoms in total. The maximum Gasteiger partial charge on any atom is 0.328 e. The van der Waals surface area contributed by atoms with Crippen molar-refractivity contribution in [1.82, 2.24) is 5.32 Å². The average molecular weight is 295 g/mol. The molecule has 1 amide bonds. The molecule has 0 aliphatic rings. The molecule has 1 rings (SSSR count). The summed E-state index contributed by atoms with van der Waals surface area (Å²) in [4.78, 5) is 22.5. The normalized spacial score (nSPS) is 13.3. The molecule has 0 heterocycles. The Morgan fingerprint density at radius 2 is 1.81 bits per heavy atom. The van der Waals surface area contributed by atoms with Gasteiger partial charge in [0, 0.05) is 0 Å². The molecule has 0 saturated carbocycles. The second-order valence-electron chi connectivity index (χ2n) is 5.05. The number of benzene rings is 1. The first-order chi connectivity index (χ1) is 9.79. The van der Waals surface area contributed by atoms with Crippen LogP contribution in [0, 0.1) is 13.8 Å². The molecule has 1 aromatic rings. The van der Waals surface area contributed by atoms with Gasteiger partial charge in [0.15, 0.2) is 6.04 Å². The smallest absolute Gasteiger partial charge is 0.328 e. The Morgan fingerprint density at radius 3 is 2.29 bits per heavy atom.